The van der Waals surface area contributed by atoms with Gasteiger partial charge < -0.3 is 15.3 Å². The predicted molar refractivity (Wildman–Crippen MR) is 31.3 cm³/mol. The maximum absolute atomic E-state index is 10.6. The van der Waals surface area contributed by atoms with Crippen molar-refractivity contribution in [3.63, 3.8) is 0 Å². The molecule has 0 aromatic heterocycles. The fourth-order valence-electron chi connectivity index (χ4n) is 0.443. The topological polar surface area (TPSA) is 93.9 Å². The van der Waals surface area contributed by atoms with Gasteiger partial charge in [-0.15, -0.1) is 0 Å². The van der Waals surface area contributed by atoms with Crippen LogP contribution < -0.4 is 11.2 Å². The van der Waals surface area contributed by atoms with Gasteiger partial charge in [-0.2, -0.15) is 0 Å². The average Bonchev–Trinajstić information content (AvgIpc) is 2.35. The molecule has 0 spiro atoms. The number of hydrogen-bond acceptors (Lipinski definition) is 5. The molecule has 0 aromatic rings. The second-order valence-corrected chi connectivity index (χ2v) is 1.52. The molecule has 0 fully saturated rings. The van der Waals surface area contributed by atoms with Crippen LogP contribution in [-0.4, -0.2) is 17.4 Å². The van der Waals surface area contributed by atoms with Gasteiger partial charge in [-0.05, 0) is 5.17 Å². The number of hydroxylamine groups is 1. The monoisotopic (exact) mass is 159 g/mol. The Kier molecular flexibility index (Phi) is 1.81. The van der Waals surface area contributed by atoms with Crippen LogP contribution in [0.1, 0.15) is 0 Å². The lowest BCUT2D eigenvalue weighted by Crippen LogP contribution is -2.37. The molecule has 1 aliphatic heterocycles. The first-order valence-electron chi connectivity index (χ1n) is 2.59. The average molecular weight is 159 g/mol. The Balaban J connectivity index is 2.36. The van der Waals surface area contributed by atoms with E-state index in [0.29, 0.717) is 5.17 Å². The van der Waals surface area contributed by atoms with E-state index >= 15 is 0 Å². The van der Waals surface area contributed by atoms with Crippen molar-refractivity contribution in [2.75, 3.05) is 0 Å². The number of carbonyl (C=O) groups is 2. The fraction of sp³-hybridized carbons (Fsp3) is 0. The van der Waals surface area contributed by atoms with Crippen LogP contribution in [0.5, 0.6) is 0 Å². The smallest absolute Gasteiger partial charge is 0.360 e. The number of nitrogens with one attached hydrogen (secondary N) is 1. The summed E-state index contributed by atoms with van der Waals surface area (Å²) in [4.78, 5) is 25.1. The predicted octanol–water partition coefficient (Wildman–Crippen LogP) is -0.575. The molecule has 0 aliphatic carbocycles. The summed E-state index contributed by atoms with van der Waals surface area (Å²) >= 11 is 0. The molecule has 0 aromatic carbocycles. The molecule has 0 radical (unpaired) electrons. The molecule has 60 valence electrons. The van der Waals surface area contributed by atoms with E-state index in [1.165, 1.54) is 12.5 Å². The minimum absolute atomic E-state index is 0.602. The molecule has 1 heterocycles. The minimum Gasteiger partial charge on any atom is -0.360 e. The van der Waals surface area contributed by atoms with Gasteiger partial charge in [0.1, 0.15) is 6.26 Å². The first-order chi connectivity index (χ1) is 5.20. The van der Waals surface area contributed by atoms with E-state index in [1.807, 2.05) is 0 Å². The van der Waals surface area contributed by atoms with Crippen LogP contribution in [0.4, 0.5) is 9.59 Å². The second kappa shape index (κ2) is 2.78. The molecule has 11 heavy (non-hydrogen) atoms. The van der Waals surface area contributed by atoms with Crippen LogP contribution >= 0.6 is 0 Å². The molecule has 7 nitrogen and oxygen atoms in total. The second-order valence-electron chi connectivity index (χ2n) is 1.52. The van der Waals surface area contributed by atoms with Crippen LogP contribution in [0.25, 0.3) is 0 Å². The van der Waals surface area contributed by atoms with E-state index in [4.69, 9.17) is 0 Å². The van der Waals surface area contributed by atoms with Gasteiger partial charge in [-0.1, -0.05) is 0 Å². The maximum Gasteiger partial charge on any atom is 0.472 e. The highest BCUT2D eigenvalue weighted by Crippen LogP contribution is 1.97. The minimum atomic E-state index is -1.19. The number of carbonyl (C=O) groups excluding carboxylic acids is 2. The lowest BCUT2D eigenvalue weighted by atomic mass is 11.0. The molecular formula is C4H5N3O4. The summed E-state index contributed by atoms with van der Waals surface area (Å²) in [6.07, 6.45) is 0.319. The Bertz CT molecular complexity index is 205. The lowest BCUT2D eigenvalue weighted by molar-refractivity contribution is -0.0840. The van der Waals surface area contributed by atoms with Crippen LogP contribution in [0.15, 0.2) is 12.5 Å². The van der Waals surface area contributed by atoms with E-state index in [0.717, 1.165) is 0 Å². The van der Waals surface area contributed by atoms with Gasteiger partial charge in [0.05, 0.1) is 6.20 Å². The Hall–Kier alpha value is -1.92. The molecule has 0 saturated carbocycles. The third-order valence-corrected chi connectivity index (χ3v) is 0.780. The van der Waals surface area contributed by atoms with Crippen molar-refractivity contribution < 1.29 is 19.2 Å². The Morgan fingerprint density at radius 3 is 2.82 bits per heavy atom. The maximum atomic E-state index is 10.6. The molecule has 0 bridgehead atoms. The zero-order valence-corrected chi connectivity index (χ0v) is 5.31. The Labute approximate surface area is 61.3 Å². The first kappa shape index (κ1) is 7.19. The van der Waals surface area contributed by atoms with Crippen LogP contribution in [-0.2, 0) is 9.57 Å². The number of primary amides is 1. The number of nitrogens with zero attached hydrogens (tertiary/aromatic N) is 1. The van der Waals surface area contributed by atoms with Crippen molar-refractivity contribution in [1.29, 1.82) is 0 Å². The molecule has 0 saturated heterocycles. The van der Waals surface area contributed by atoms with E-state index in [1.54, 1.807) is 0 Å². The number of ether oxygens (including phenoxy) is 1. The molecular weight excluding hydrogens is 154 g/mol. The zero-order valence-electron chi connectivity index (χ0n) is 5.31. The fourth-order valence-corrected chi connectivity index (χ4v) is 0.443. The van der Waals surface area contributed by atoms with E-state index in [9.17, 15) is 9.59 Å². The molecule has 3 N–H and O–H groups in total. The van der Waals surface area contributed by atoms with Crippen molar-refractivity contribution in [1.82, 2.24) is 10.6 Å². The zero-order chi connectivity index (χ0) is 8.27. The van der Waals surface area contributed by atoms with E-state index in [2.05, 4.69) is 20.7 Å². The summed E-state index contributed by atoms with van der Waals surface area (Å²) in [5, 5.41) is 0.602. The summed E-state index contributed by atoms with van der Waals surface area (Å²) in [7, 11) is 0. The van der Waals surface area contributed by atoms with Crippen molar-refractivity contribution in [3.8, 4) is 0 Å². The third-order valence-electron chi connectivity index (χ3n) is 0.780. The lowest BCUT2D eigenvalue weighted by Gasteiger charge is -2.11. The summed E-state index contributed by atoms with van der Waals surface area (Å²) in [5.74, 6) is 0. The summed E-state index contributed by atoms with van der Waals surface area (Å²) in [5.41, 5.74) is 6.86. The van der Waals surface area contributed by atoms with Crippen molar-refractivity contribution in [2.45, 2.75) is 0 Å². The first-order valence-corrected chi connectivity index (χ1v) is 2.59. The molecule has 2 amide bonds. The van der Waals surface area contributed by atoms with Gasteiger partial charge in [-0.25, -0.2) is 9.59 Å². The molecule has 0 atom stereocenters. The van der Waals surface area contributed by atoms with Crippen LogP contribution in [0.3, 0.4) is 0 Å². The largest absolute Gasteiger partial charge is 0.472 e. The molecule has 1 rings (SSSR count). The van der Waals surface area contributed by atoms with Gasteiger partial charge >= 0.3 is 12.2 Å². The van der Waals surface area contributed by atoms with Gasteiger partial charge in [0, 0.05) is 0 Å². The van der Waals surface area contributed by atoms with Gasteiger partial charge in [0.25, 0.3) is 0 Å². The van der Waals surface area contributed by atoms with Crippen LogP contribution in [0, 0.1) is 0 Å². The number of amides is 2. The molecule has 7 heteroatoms. The number of hydrogen-bond donors (Lipinski definition) is 2. The third kappa shape index (κ3) is 1.75. The summed E-state index contributed by atoms with van der Waals surface area (Å²) < 4.78 is 3.93. The Morgan fingerprint density at radius 2 is 2.36 bits per heavy atom. The normalized spacial score (nSPS) is 13.6. The van der Waals surface area contributed by atoms with Gasteiger partial charge in [0.15, 0.2) is 0 Å². The quantitative estimate of drug-likeness (QED) is 0.461. The van der Waals surface area contributed by atoms with E-state index < -0.39 is 12.2 Å². The van der Waals surface area contributed by atoms with E-state index in [-0.39, 0.29) is 0 Å². The standard InChI is InChI=1S/C4H5N3O4/c5-3(8)11-4(9)7-6-1-2-10-7/h1-2,6H,(H2,5,8). The highest BCUT2D eigenvalue weighted by atomic mass is 16.8. The number of hydrazine groups is 1. The summed E-state index contributed by atoms with van der Waals surface area (Å²) in [6.45, 7) is 0. The summed E-state index contributed by atoms with van der Waals surface area (Å²) in [6, 6.07) is 0. The van der Waals surface area contributed by atoms with Crippen molar-refractivity contribution >= 4 is 12.2 Å². The SMILES string of the molecule is NC(=O)OC(=O)N1NC=CO1. The van der Waals surface area contributed by atoms with Crippen molar-refractivity contribution in [3.05, 3.63) is 12.5 Å². The Morgan fingerprint density at radius 1 is 1.64 bits per heavy atom. The van der Waals surface area contributed by atoms with Crippen molar-refractivity contribution in [2.24, 2.45) is 5.73 Å². The highest BCUT2D eigenvalue weighted by Gasteiger charge is 2.19. The molecule has 0 unspecified atom stereocenters. The number of nitrogens with two attached hydrogens (primary N) is 1. The van der Waals surface area contributed by atoms with Gasteiger partial charge in [0.2, 0.25) is 0 Å². The highest BCUT2D eigenvalue weighted by molar-refractivity contribution is 5.81. The van der Waals surface area contributed by atoms with Gasteiger partial charge in [-0.3, -0.25) is 5.43 Å². The molecule has 1 aliphatic rings. The van der Waals surface area contributed by atoms with Crippen LogP contribution in [0.2, 0.25) is 0 Å². The number of rotatable bonds is 0.